The van der Waals surface area contributed by atoms with Crippen molar-refractivity contribution in [2.75, 3.05) is 12.4 Å². The minimum atomic E-state index is -0.567. The fourth-order valence-electron chi connectivity index (χ4n) is 2.00. The Kier molecular flexibility index (Phi) is 5.11. The smallest absolute Gasteiger partial charge is 0.266 e. The second kappa shape index (κ2) is 7.23. The lowest BCUT2D eigenvalue weighted by Crippen LogP contribution is -2.13. The van der Waals surface area contributed by atoms with Crippen molar-refractivity contribution in [2.24, 2.45) is 0 Å². The van der Waals surface area contributed by atoms with E-state index in [1.165, 1.54) is 37.5 Å². The average molecular weight is 310 g/mol. The lowest BCUT2D eigenvalue weighted by Gasteiger charge is -2.07. The molecule has 0 bridgehead atoms. The molecule has 23 heavy (non-hydrogen) atoms. The molecule has 0 heterocycles. The Morgan fingerprint density at radius 1 is 1.26 bits per heavy atom. The first-order valence-electron chi connectivity index (χ1n) is 6.87. The Morgan fingerprint density at radius 3 is 2.57 bits per heavy atom. The third kappa shape index (κ3) is 4.17. The average Bonchev–Trinajstić information content (AvgIpc) is 2.54. The molecule has 2 aromatic carbocycles. The van der Waals surface area contributed by atoms with Gasteiger partial charge in [0.15, 0.2) is 0 Å². The Morgan fingerprint density at radius 2 is 1.96 bits per heavy atom. The van der Waals surface area contributed by atoms with E-state index < -0.39 is 11.7 Å². The van der Waals surface area contributed by atoms with Crippen LogP contribution in [0.15, 0.2) is 48.0 Å². The first kappa shape index (κ1) is 16.2. The van der Waals surface area contributed by atoms with Crippen LogP contribution in [0.25, 0.3) is 6.08 Å². The Labute approximate surface area is 133 Å². The van der Waals surface area contributed by atoms with Crippen molar-refractivity contribution in [3.05, 3.63) is 65.0 Å². The summed E-state index contributed by atoms with van der Waals surface area (Å²) in [6.07, 6.45) is 1.46. The highest BCUT2D eigenvalue weighted by molar-refractivity contribution is 6.09. The van der Waals surface area contributed by atoms with Gasteiger partial charge in [0.2, 0.25) is 0 Å². The number of hydrogen-bond acceptors (Lipinski definition) is 3. The number of ether oxygens (including phenoxy) is 1. The number of anilines is 1. The van der Waals surface area contributed by atoms with E-state index in [4.69, 9.17) is 4.74 Å². The van der Waals surface area contributed by atoms with Crippen molar-refractivity contribution in [1.82, 2.24) is 0 Å². The Bertz CT molecular complexity index is 790. The molecule has 0 fully saturated rings. The molecule has 4 nitrogen and oxygen atoms in total. The van der Waals surface area contributed by atoms with E-state index in [9.17, 15) is 14.4 Å². The van der Waals surface area contributed by atoms with Gasteiger partial charge in [-0.15, -0.1) is 0 Å². The molecule has 5 heteroatoms. The highest BCUT2D eigenvalue weighted by atomic mass is 19.1. The molecular formula is C18H15FN2O2. The van der Waals surface area contributed by atoms with Crippen LogP contribution in [0.4, 0.5) is 10.1 Å². The molecule has 0 saturated carbocycles. The van der Waals surface area contributed by atoms with Gasteiger partial charge in [0.1, 0.15) is 23.2 Å². The summed E-state index contributed by atoms with van der Waals surface area (Å²) in [6, 6.07) is 12.7. The highest BCUT2D eigenvalue weighted by Crippen LogP contribution is 2.22. The number of amides is 1. The summed E-state index contributed by atoms with van der Waals surface area (Å²) in [4.78, 5) is 12.2. The Hall–Kier alpha value is -3.13. The predicted octanol–water partition coefficient (Wildman–Crippen LogP) is 3.69. The number of methoxy groups -OCH3 is 1. The number of aryl methyl sites for hydroxylation is 1. The minimum Gasteiger partial charge on any atom is -0.496 e. The van der Waals surface area contributed by atoms with Gasteiger partial charge in [-0.1, -0.05) is 11.6 Å². The van der Waals surface area contributed by atoms with Crippen LogP contribution in [0.3, 0.4) is 0 Å². The molecular weight excluding hydrogens is 295 g/mol. The molecule has 0 aromatic heterocycles. The molecule has 0 aliphatic carbocycles. The SMILES string of the molecule is COc1ccc(C)cc1/C=C(\C#N)C(=O)Nc1ccc(F)cc1. The number of nitrogens with zero attached hydrogens (tertiary/aromatic N) is 1. The lowest BCUT2D eigenvalue weighted by atomic mass is 10.1. The fourth-order valence-corrected chi connectivity index (χ4v) is 2.00. The van der Waals surface area contributed by atoms with Crippen molar-refractivity contribution in [2.45, 2.75) is 6.92 Å². The number of halogens is 1. The number of benzene rings is 2. The van der Waals surface area contributed by atoms with Crippen LogP contribution in [-0.4, -0.2) is 13.0 Å². The van der Waals surface area contributed by atoms with Crippen molar-refractivity contribution < 1.29 is 13.9 Å². The van der Waals surface area contributed by atoms with Crippen molar-refractivity contribution in [3.8, 4) is 11.8 Å². The van der Waals surface area contributed by atoms with E-state index >= 15 is 0 Å². The number of hydrogen-bond donors (Lipinski definition) is 1. The monoisotopic (exact) mass is 310 g/mol. The maximum atomic E-state index is 12.9. The largest absolute Gasteiger partial charge is 0.496 e. The summed E-state index contributed by atoms with van der Waals surface area (Å²) in [5.41, 5.74) is 1.96. The van der Waals surface area contributed by atoms with Crippen LogP contribution in [0.2, 0.25) is 0 Å². The summed E-state index contributed by atoms with van der Waals surface area (Å²) >= 11 is 0. The van der Waals surface area contributed by atoms with E-state index in [0.717, 1.165) is 5.56 Å². The molecule has 0 unspecified atom stereocenters. The van der Waals surface area contributed by atoms with Gasteiger partial charge in [0.05, 0.1) is 7.11 Å². The summed E-state index contributed by atoms with van der Waals surface area (Å²) in [5.74, 6) is -0.399. The maximum Gasteiger partial charge on any atom is 0.266 e. The van der Waals surface area contributed by atoms with Crippen LogP contribution in [0.5, 0.6) is 5.75 Å². The van der Waals surface area contributed by atoms with Crippen LogP contribution in [0.1, 0.15) is 11.1 Å². The molecule has 2 aromatic rings. The van der Waals surface area contributed by atoms with Crippen molar-refractivity contribution >= 4 is 17.7 Å². The summed E-state index contributed by atoms with van der Waals surface area (Å²) < 4.78 is 18.1. The van der Waals surface area contributed by atoms with Gasteiger partial charge in [0, 0.05) is 11.3 Å². The standard InChI is InChI=1S/C18H15FN2O2/c1-12-3-8-17(23-2)13(9-12)10-14(11-20)18(22)21-16-6-4-15(19)5-7-16/h3-10H,1-2H3,(H,21,22)/b14-10+. The van der Waals surface area contributed by atoms with Crippen molar-refractivity contribution in [3.63, 3.8) is 0 Å². The number of carbonyl (C=O) groups excluding carboxylic acids is 1. The lowest BCUT2D eigenvalue weighted by molar-refractivity contribution is -0.112. The molecule has 1 N–H and O–H groups in total. The molecule has 0 aliphatic rings. The second-order valence-electron chi connectivity index (χ2n) is 4.88. The third-order valence-corrected chi connectivity index (χ3v) is 3.15. The number of carbonyl (C=O) groups is 1. The van der Waals surface area contributed by atoms with Gasteiger partial charge in [-0.05, 0) is 49.4 Å². The first-order valence-corrected chi connectivity index (χ1v) is 6.87. The molecule has 116 valence electrons. The zero-order valence-electron chi connectivity index (χ0n) is 12.8. The van der Waals surface area contributed by atoms with Gasteiger partial charge in [-0.25, -0.2) is 4.39 Å². The topological polar surface area (TPSA) is 62.1 Å². The highest BCUT2D eigenvalue weighted by Gasteiger charge is 2.11. The normalized spacial score (nSPS) is 10.8. The van der Waals surface area contributed by atoms with Gasteiger partial charge in [-0.3, -0.25) is 4.79 Å². The molecule has 0 aliphatic heterocycles. The molecule has 2 rings (SSSR count). The molecule has 0 radical (unpaired) electrons. The van der Waals surface area contributed by atoms with Gasteiger partial charge < -0.3 is 10.1 Å². The minimum absolute atomic E-state index is 0.0711. The zero-order valence-corrected chi connectivity index (χ0v) is 12.8. The van der Waals surface area contributed by atoms with Crippen LogP contribution >= 0.6 is 0 Å². The molecule has 0 atom stereocenters. The third-order valence-electron chi connectivity index (χ3n) is 3.15. The molecule has 0 spiro atoms. The quantitative estimate of drug-likeness (QED) is 0.692. The second-order valence-corrected chi connectivity index (χ2v) is 4.88. The number of rotatable bonds is 4. The number of nitriles is 1. The van der Waals surface area contributed by atoms with E-state index in [0.29, 0.717) is 17.0 Å². The van der Waals surface area contributed by atoms with Gasteiger partial charge in [-0.2, -0.15) is 5.26 Å². The fraction of sp³-hybridized carbons (Fsp3) is 0.111. The van der Waals surface area contributed by atoms with E-state index in [1.807, 2.05) is 25.1 Å². The summed E-state index contributed by atoms with van der Waals surface area (Å²) in [5, 5.41) is 11.8. The van der Waals surface area contributed by atoms with Crippen molar-refractivity contribution in [1.29, 1.82) is 5.26 Å². The predicted molar refractivity (Wildman–Crippen MR) is 86.4 cm³/mol. The van der Waals surface area contributed by atoms with E-state index in [1.54, 1.807) is 6.07 Å². The van der Waals surface area contributed by atoms with E-state index in [2.05, 4.69) is 5.32 Å². The van der Waals surface area contributed by atoms with E-state index in [-0.39, 0.29) is 5.57 Å². The van der Waals surface area contributed by atoms with Gasteiger partial charge in [0.25, 0.3) is 5.91 Å². The molecule has 0 saturated heterocycles. The summed E-state index contributed by atoms with van der Waals surface area (Å²) in [6.45, 7) is 1.90. The first-order chi connectivity index (χ1) is 11.0. The zero-order chi connectivity index (χ0) is 16.8. The Balaban J connectivity index is 2.28. The van der Waals surface area contributed by atoms with Gasteiger partial charge >= 0.3 is 0 Å². The van der Waals surface area contributed by atoms with Crippen LogP contribution in [0, 0.1) is 24.1 Å². The maximum absolute atomic E-state index is 12.9. The molecule has 1 amide bonds. The van der Waals surface area contributed by atoms with Crippen LogP contribution in [-0.2, 0) is 4.79 Å². The number of nitrogens with one attached hydrogen (secondary N) is 1. The van der Waals surface area contributed by atoms with Crippen LogP contribution < -0.4 is 10.1 Å². The summed E-state index contributed by atoms with van der Waals surface area (Å²) in [7, 11) is 1.52.